The molecule has 1 atom stereocenters. The quantitative estimate of drug-likeness (QED) is 0.161. The van der Waals surface area contributed by atoms with Crippen LogP contribution in [0.1, 0.15) is 23.6 Å². The van der Waals surface area contributed by atoms with Crippen LogP contribution in [-0.4, -0.2) is 9.97 Å². The molecule has 2 heterocycles. The van der Waals surface area contributed by atoms with E-state index in [1.807, 2.05) is 30.3 Å². The van der Waals surface area contributed by atoms with E-state index in [4.69, 9.17) is 14.4 Å². The standard InChI is InChI=1S/C60H40N2O/c1-60(47-20-9-4-10-21-47)53-26-13-11-22-49(53)51-25-15-24-48(58(51)60)45-34-44(39-16-5-2-6-17-39)35-46(36-45)55-38-54(61-59(62-55)42-18-7-3-8-19-42)41-30-28-40(29-31-41)43-32-33-57-52(37-43)50-23-12-14-27-56(50)63-57/h2-38H,1H3. The highest BCUT2D eigenvalue weighted by atomic mass is 16.3. The van der Waals surface area contributed by atoms with Crippen LogP contribution in [0.3, 0.4) is 0 Å². The van der Waals surface area contributed by atoms with Crippen LogP contribution in [0.4, 0.5) is 0 Å². The van der Waals surface area contributed by atoms with Crippen LogP contribution < -0.4 is 0 Å². The van der Waals surface area contributed by atoms with Crippen molar-refractivity contribution in [2.45, 2.75) is 12.3 Å². The van der Waals surface area contributed by atoms with Gasteiger partial charge in [-0.3, -0.25) is 0 Å². The van der Waals surface area contributed by atoms with Crippen molar-refractivity contribution < 1.29 is 4.42 Å². The van der Waals surface area contributed by atoms with Crippen LogP contribution in [0.25, 0.3) is 100 Å². The molecule has 0 bridgehead atoms. The molecule has 0 aliphatic heterocycles. The van der Waals surface area contributed by atoms with Crippen LogP contribution in [0.2, 0.25) is 0 Å². The molecule has 1 aliphatic carbocycles. The fourth-order valence-electron chi connectivity index (χ4n) is 9.84. The highest BCUT2D eigenvalue weighted by molar-refractivity contribution is 6.06. The van der Waals surface area contributed by atoms with E-state index >= 15 is 0 Å². The van der Waals surface area contributed by atoms with Crippen molar-refractivity contribution in [2.24, 2.45) is 0 Å². The molecule has 3 nitrogen and oxygen atoms in total. The summed E-state index contributed by atoms with van der Waals surface area (Å²) in [6.07, 6.45) is 0. The lowest BCUT2D eigenvalue weighted by Crippen LogP contribution is -2.23. The average Bonchev–Trinajstić information content (AvgIpc) is 3.87. The first-order chi connectivity index (χ1) is 31.1. The van der Waals surface area contributed by atoms with Gasteiger partial charge in [0.15, 0.2) is 5.82 Å². The smallest absolute Gasteiger partial charge is 0.160 e. The Morgan fingerprint density at radius 1 is 0.349 bits per heavy atom. The minimum absolute atomic E-state index is 0.362. The molecular weight excluding hydrogens is 765 g/mol. The molecule has 1 aliphatic rings. The molecule has 11 aromatic rings. The predicted octanol–water partition coefficient (Wildman–Crippen LogP) is 15.7. The molecule has 63 heavy (non-hydrogen) atoms. The van der Waals surface area contributed by atoms with E-state index in [1.165, 1.54) is 33.4 Å². The summed E-state index contributed by atoms with van der Waals surface area (Å²) in [7, 11) is 0. The molecule has 12 rings (SSSR count). The Kier molecular flexibility index (Phi) is 8.62. The summed E-state index contributed by atoms with van der Waals surface area (Å²) in [6.45, 7) is 2.39. The number of benzene rings is 9. The monoisotopic (exact) mass is 804 g/mol. The molecule has 0 N–H and O–H groups in total. The van der Waals surface area contributed by atoms with Gasteiger partial charge in [0.25, 0.3) is 0 Å². The molecular formula is C60H40N2O. The van der Waals surface area contributed by atoms with Gasteiger partial charge in [-0.05, 0) is 111 Å². The normalized spacial score (nSPS) is 14.2. The van der Waals surface area contributed by atoms with Crippen LogP contribution >= 0.6 is 0 Å². The Bertz CT molecular complexity index is 3500. The van der Waals surface area contributed by atoms with E-state index in [-0.39, 0.29) is 5.41 Å². The third-order valence-corrected chi connectivity index (χ3v) is 13.0. The fourth-order valence-corrected chi connectivity index (χ4v) is 9.84. The van der Waals surface area contributed by atoms with E-state index in [2.05, 4.69) is 201 Å². The first-order valence-electron chi connectivity index (χ1n) is 21.6. The second kappa shape index (κ2) is 14.8. The maximum Gasteiger partial charge on any atom is 0.160 e. The van der Waals surface area contributed by atoms with E-state index in [9.17, 15) is 0 Å². The number of aromatic nitrogens is 2. The van der Waals surface area contributed by atoms with Gasteiger partial charge in [0.05, 0.1) is 11.4 Å². The number of para-hydroxylation sites is 1. The Balaban J connectivity index is 1.02. The largest absolute Gasteiger partial charge is 0.456 e. The zero-order valence-corrected chi connectivity index (χ0v) is 34.7. The summed E-state index contributed by atoms with van der Waals surface area (Å²) in [6, 6.07) is 80.2. The molecule has 3 heteroatoms. The van der Waals surface area contributed by atoms with Crippen molar-refractivity contribution >= 4 is 21.9 Å². The molecule has 0 radical (unpaired) electrons. The molecule has 0 spiro atoms. The minimum Gasteiger partial charge on any atom is -0.456 e. The fraction of sp³-hybridized carbons (Fsp3) is 0.0333. The zero-order chi connectivity index (χ0) is 41.9. The van der Waals surface area contributed by atoms with Gasteiger partial charge in [0, 0.05) is 32.9 Å². The van der Waals surface area contributed by atoms with E-state index in [1.54, 1.807) is 0 Å². The van der Waals surface area contributed by atoms with Crippen molar-refractivity contribution in [1.29, 1.82) is 0 Å². The van der Waals surface area contributed by atoms with Gasteiger partial charge in [-0.1, -0.05) is 182 Å². The van der Waals surface area contributed by atoms with Gasteiger partial charge in [-0.15, -0.1) is 0 Å². The topological polar surface area (TPSA) is 38.9 Å². The summed E-state index contributed by atoms with van der Waals surface area (Å²) < 4.78 is 6.13. The molecule has 2 aromatic heterocycles. The van der Waals surface area contributed by atoms with E-state index < -0.39 is 0 Å². The molecule has 0 saturated carbocycles. The van der Waals surface area contributed by atoms with Crippen LogP contribution in [0.15, 0.2) is 229 Å². The Hall–Kier alpha value is -8.14. The number of fused-ring (bicyclic) bond motifs is 6. The lowest BCUT2D eigenvalue weighted by atomic mass is 9.72. The van der Waals surface area contributed by atoms with Crippen molar-refractivity contribution in [1.82, 2.24) is 9.97 Å². The Morgan fingerprint density at radius 3 is 1.70 bits per heavy atom. The third-order valence-electron chi connectivity index (χ3n) is 13.0. The predicted molar refractivity (Wildman–Crippen MR) is 259 cm³/mol. The number of hydrogen-bond acceptors (Lipinski definition) is 3. The Morgan fingerprint density at radius 2 is 0.905 bits per heavy atom. The summed E-state index contributed by atoms with van der Waals surface area (Å²) in [5, 5.41) is 2.24. The van der Waals surface area contributed by atoms with Gasteiger partial charge < -0.3 is 4.42 Å². The molecule has 9 aromatic carbocycles. The van der Waals surface area contributed by atoms with E-state index in [0.29, 0.717) is 5.82 Å². The first kappa shape index (κ1) is 36.7. The van der Waals surface area contributed by atoms with Crippen LogP contribution in [-0.2, 0) is 5.41 Å². The number of rotatable bonds is 7. The zero-order valence-electron chi connectivity index (χ0n) is 34.7. The highest BCUT2D eigenvalue weighted by Crippen LogP contribution is 2.55. The van der Waals surface area contributed by atoms with Gasteiger partial charge in [0.1, 0.15) is 11.2 Å². The molecule has 0 amide bonds. The number of hydrogen-bond donors (Lipinski definition) is 0. The first-order valence-corrected chi connectivity index (χ1v) is 21.6. The second-order valence-corrected chi connectivity index (χ2v) is 16.6. The number of nitrogens with zero attached hydrogens (tertiary/aromatic N) is 2. The molecule has 296 valence electrons. The maximum atomic E-state index is 6.13. The lowest BCUT2D eigenvalue weighted by molar-refractivity contribution is 0.669. The second-order valence-electron chi connectivity index (χ2n) is 16.6. The summed E-state index contributed by atoms with van der Waals surface area (Å²) in [5.74, 6) is 0.684. The number of furan rings is 1. The maximum absolute atomic E-state index is 6.13. The lowest BCUT2D eigenvalue weighted by Gasteiger charge is -2.30. The summed E-state index contributed by atoms with van der Waals surface area (Å²) >= 11 is 0. The van der Waals surface area contributed by atoms with E-state index in [0.717, 1.165) is 77.8 Å². The van der Waals surface area contributed by atoms with Crippen molar-refractivity contribution in [3.8, 4) is 78.4 Å². The molecule has 1 unspecified atom stereocenters. The van der Waals surface area contributed by atoms with Crippen LogP contribution in [0, 0.1) is 0 Å². The Labute approximate surface area is 366 Å². The molecule has 0 fully saturated rings. The van der Waals surface area contributed by atoms with Crippen molar-refractivity contribution in [3.63, 3.8) is 0 Å². The van der Waals surface area contributed by atoms with Gasteiger partial charge in [0.2, 0.25) is 0 Å². The minimum atomic E-state index is -0.362. The summed E-state index contributed by atoms with van der Waals surface area (Å²) in [5.41, 5.74) is 19.6. The molecule has 0 saturated heterocycles. The SMILES string of the molecule is CC1(c2ccccc2)c2ccccc2-c2cccc(-c3cc(-c4ccccc4)cc(-c4cc(-c5ccc(-c6ccc7oc8ccccc8c7c6)cc5)nc(-c5ccccc5)n4)c3)c21. The van der Waals surface area contributed by atoms with Crippen LogP contribution in [0.5, 0.6) is 0 Å². The van der Waals surface area contributed by atoms with Crippen molar-refractivity contribution in [3.05, 3.63) is 241 Å². The third kappa shape index (κ3) is 6.20. The highest BCUT2D eigenvalue weighted by Gasteiger charge is 2.42. The van der Waals surface area contributed by atoms with Gasteiger partial charge in [-0.2, -0.15) is 0 Å². The summed E-state index contributed by atoms with van der Waals surface area (Å²) in [4.78, 5) is 10.6. The van der Waals surface area contributed by atoms with Gasteiger partial charge >= 0.3 is 0 Å². The average molecular weight is 805 g/mol. The van der Waals surface area contributed by atoms with Crippen molar-refractivity contribution in [2.75, 3.05) is 0 Å². The van der Waals surface area contributed by atoms with Gasteiger partial charge in [-0.25, -0.2) is 9.97 Å².